The number of hydrogen-bond donors (Lipinski definition) is 0. The fourth-order valence-electron chi connectivity index (χ4n) is 3.58. The fourth-order valence-corrected chi connectivity index (χ4v) is 3.58. The Kier molecular flexibility index (Phi) is 2.14. The van der Waals surface area contributed by atoms with Crippen LogP contribution in [0.1, 0.15) is 41.9 Å². The van der Waals surface area contributed by atoms with Gasteiger partial charge < -0.3 is 0 Å². The molecule has 0 unspecified atom stereocenters. The Morgan fingerprint density at radius 2 is 1.79 bits per heavy atom. The summed E-state index contributed by atoms with van der Waals surface area (Å²) in [6.07, 6.45) is 2.27. The molecule has 2 nitrogen and oxygen atoms in total. The molecule has 0 atom stereocenters. The molecule has 1 aromatic carbocycles. The number of hydrogen-bond acceptors (Lipinski definition) is 1. The average Bonchev–Trinajstić information content (AvgIpc) is 3.01. The van der Waals surface area contributed by atoms with Crippen LogP contribution in [0.15, 0.2) is 36.5 Å². The van der Waals surface area contributed by atoms with Gasteiger partial charge in [0.05, 0.1) is 5.69 Å². The second-order valence-corrected chi connectivity index (χ2v) is 6.50. The number of fused-ring (bicyclic) bond motifs is 3. The van der Waals surface area contributed by atoms with E-state index >= 15 is 0 Å². The third-order valence-electron chi connectivity index (χ3n) is 4.96. The van der Waals surface area contributed by atoms with E-state index in [9.17, 15) is 0 Å². The molecule has 0 bridgehead atoms. The lowest BCUT2D eigenvalue weighted by Crippen LogP contribution is -2.31. The predicted octanol–water partition coefficient (Wildman–Crippen LogP) is 4.38. The summed E-state index contributed by atoms with van der Waals surface area (Å²) in [7, 11) is 1.86. The lowest BCUT2D eigenvalue weighted by molar-refractivity contribution is -0.660. The Bertz CT molecular complexity index is 1180. The Morgan fingerprint density at radius 3 is 2.58 bits per heavy atom. The van der Waals surface area contributed by atoms with Crippen LogP contribution in [0.25, 0.3) is 22.4 Å². The van der Waals surface area contributed by atoms with Gasteiger partial charge >= 0.3 is 0 Å². The van der Waals surface area contributed by atoms with Gasteiger partial charge in [0.2, 0.25) is 5.69 Å². The van der Waals surface area contributed by atoms with Gasteiger partial charge in [-0.1, -0.05) is 12.1 Å². The van der Waals surface area contributed by atoms with Crippen molar-refractivity contribution in [2.75, 3.05) is 0 Å². The van der Waals surface area contributed by atoms with E-state index in [1.165, 1.54) is 0 Å². The minimum Gasteiger partial charge on any atom is -0.257 e. The molecule has 2 heteroatoms. The van der Waals surface area contributed by atoms with Crippen molar-refractivity contribution < 1.29 is 12.8 Å². The van der Waals surface area contributed by atoms with Crippen LogP contribution < -0.4 is 4.57 Å². The highest BCUT2D eigenvalue weighted by Gasteiger charge is 2.25. The summed E-state index contributed by atoms with van der Waals surface area (Å²) >= 11 is 0. The van der Waals surface area contributed by atoms with E-state index in [4.69, 9.17) is 8.22 Å². The first-order chi connectivity index (χ1) is 13.9. The maximum atomic E-state index is 7.74. The number of pyridine rings is 2. The first kappa shape index (κ1) is 9.73. The van der Waals surface area contributed by atoms with Crippen LogP contribution in [-0.4, -0.2) is 4.98 Å². The van der Waals surface area contributed by atoms with Crippen LogP contribution in [-0.2, 0) is 13.5 Å². The van der Waals surface area contributed by atoms with Crippen molar-refractivity contribution in [1.82, 2.24) is 4.98 Å². The first-order valence-electron chi connectivity index (χ1n) is 11.0. The van der Waals surface area contributed by atoms with Crippen LogP contribution in [0.2, 0.25) is 0 Å². The van der Waals surface area contributed by atoms with Gasteiger partial charge in [-0.2, -0.15) is 0 Å². The second kappa shape index (κ2) is 5.27. The summed E-state index contributed by atoms with van der Waals surface area (Å²) in [6.45, 7) is -0.497. The van der Waals surface area contributed by atoms with Crippen LogP contribution in [0.5, 0.6) is 0 Å². The molecule has 1 aliphatic carbocycles. The third kappa shape index (κ3) is 2.17. The van der Waals surface area contributed by atoms with Gasteiger partial charge in [0.15, 0.2) is 6.20 Å². The molecule has 2 heterocycles. The van der Waals surface area contributed by atoms with Crippen molar-refractivity contribution in [3.63, 3.8) is 0 Å². The molecule has 0 fully saturated rings. The third-order valence-corrected chi connectivity index (χ3v) is 4.96. The number of rotatable bonds is 1. The van der Waals surface area contributed by atoms with Crippen molar-refractivity contribution in [1.29, 1.82) is 0 Å². The summed E-state index contributed by atoms with van der Waals surface area (Å²) in [5.41, 5.74) is 8.24. The van der Waals surface area contributed by atoms with Crippen molar-refractivity contribution in [3.05, 3.63) is 70.2 Å². The smallest absolute Gasteiger partial charge is 0.212 e. The molecule has 4 rings (SSSR count). The molecule has 0 saturated carbocycles. The van der Waals surface area contributed by atoms with Crippen molar-refractivity contribution >= 4 is 0 Å². The van der Waals surface area contributed by atoms with Crippen LogP contribution >= 0.6 is 0 Å². The lowest BCUT2D eigenvalue weighted by atomic mass is 9.94. The number of aromatic nitrogens is 2. The number of benzene rings is 1. The standard InChI is InChI=1S/C22H23N2/c1-13-10-22(24(5)12-14(13)2)17-8-9-18-19-7-6-15(3)23-21(19)11-20(18)16(17)4/h6-10,12H,11H2,1-5H3/q+1/i2D3,3D3. The van der Waals surface area contributed by atoms with Gasteiger partial charge in [-0.25, -0.2) is 4.57 Å². The summed E-state index contributed by atoms with van der Waals surface area (Å²) in [6, 6.07) is 9.45. The Hall–Kier alpha value is -2.48. The molecule has 0 radical (unpaired) electrons. The minimum atomic E-state index is -2.22. The largest absolute Gasteiger partial charge is 0.257 e. The lowest BCUT2D eigenvalue weighted by Gasteiger charge is -2.11. The molecule has 3 aromatic rings. The molecule has 120 valence electrons. The van der Waals surface area contributed by atoms with Crippen molar-refractivity contribution in [3.8, 4) is 22.4 Å². The Morgan fingerprint density at radius 1 is 1.00 bits per heavy atom. The van der Waals surface area contributed by atoms with E-state index in [1.54, 1.807) is 12.3 Å². The highest BCUT2D eigenvalue weighted by molar-refractivity contribution is 5.81. The number of nitrogens with zero attached hydrogens (tertiary/aromatic N) is 2. The van der Waals surface area contributed by atoms with Gasteiger partial charge in [-0.3, -0.25) is 4.98 Å². The summed E-state index contributed by atoms with van der Waals surface area (Å²) in [5.74, 6) is 0. The van der Waals surface area contributed by atoms with E-state index in [0.29, 0.717) is 12.0 Å². The maximum absolute atomic E-state index is 7.74. The van der Waals surface area contributed by atoms with Gasteiger partial charge in [-0.05, 0) is 61.9 Å². The topological polar surface area (TPSA) is 16.8 Å². The monoisotopic (exact) mass is 321 g/mol. The molecule has 0 N–H and O–H groups in total. The normalized spacial score (nSPS) is 17.0. The maximum Gasteiger partial charge on any atom is 0.212 e. The molecule has 0 spiro atoms. The average molecular weight is 321 g/mol. The SMILES string of the molecule is [2H]C([2H])([2H])c1ccc2c(n1)Cc1c-2ccc(-c2cc(C)c(C([2H])([2H])[2H])c[n+]2C)c1C. The molecule has 0 saturated heterocycles. The fraction of sp³-hybridized carbons (Fsp3) is 0.273. The van der Waals surface area contributed by atoms with E-state index in [0.717, 1.165) is 44.8 Å². The molecule has 0 amide bonds. The van der Waals surface area contributed by atoms with Gasteiger partial charge in [0.25, 0.3) is 0 Å². The Balaban J connectivity index is 1.81. The zero-order valence-electron chi connectivity index (χ0n) is 20.1. The molecule has 24 heavy (non-hydrogen) atoms. The predicted molar refractivity (Wildman–Crippen MR) is 98.0 cm³/mol. The molecule has 1 aliphatic rings. The number of aryl methyl sites for hydroxylation is 4. The van der Waals surface area contributed by atoms with E-state index in [1.807, 2.05) is 42.8 Å². The minimum absolute atomic E-state index is 0.120. The molecular formula is C22H23N2+. The zero-order valence-corrected chi connectivity index (χ0v) is 14.1. The van der Waals surface area contributed by atoms with Crippen LogP contribution in [0.3, 0.4) is 0 Å². The van der Waals surface area contributed by atoms with Gasteiger partial charge in [-0.15, -0.1) is 0 Å². The van der Waals surface area contributed by atoms with E-state index in [2.05, 4.69) is 11.9 Å². The summed E-state index contributed by atoms with van der Waals surface area (Å²) in [4.78, 5) is 4.42. The highest BCUT2D eigenvalue weighted by atomic mass is 14.9. The van der Waals surface area contributed by atoms with Crippen molar-refractivity contribution in [2.45, 2.75) is 34.0 Å². The summed E-state index contributed by atoms with van der Waals surface area (Å²) in [5, 5.41) is 0. The van der Waals surface area contributed by atoms with E-state index < -0.39 is 13.7 Å². The van der Waals surface area contributed by atoms with Crippen LogP contribution in [0.4, 0.5) is 0 Å². The van der Waals surface area contributed by atoms with E-state index in [-0.39, 0.29) is 5.69 Å². The Labute approximate surface area is 152 Å². The molecule has 0 aliphatic heterocycles. The van der Waals surface area contributed by atoms with Gasteiger partial charge in [0, 0.05) is 43.1 Å². The highest BCUT2D eigenvalue weighted by Crippen LogP contribution is 2.40. The molecular weight excluding hydrogens is 292 g/mol. The second-order valence-electron chi connectivity index (χ2n) is 6.50. The van der Waals surface area contributed by atoms with Gasteiger partial charge in [0.1, 0.15) is 7.05 Å². The summed E-state index contributed by atoms with van der Waals surface area (Å²) < 4.78 is 47.9. The van der Waals surface area contributed by atoms with Crippen molar-refractivity contribution in [2.24, 2.45) is 7.05 Å². The van der Waals surface area contributed by atoms with Crippen LogP contribution in [0, 0.1) is 27.6 Å². The zero-order chi connectivity index (χ0) is 22.0. The quantitative estimate of drug-likeness (QED) is 0.475. The molecule has 2 aromatic heterocycles. The first-order valence-corrected chi connectivity index (χ1v) is 8.02.